The van der Waals surface area contributed by atoms with E-state index in [1.165, 1.54) is 18.5 Å². The molecule has 0 amide bonds. The van der Waals surface area contributed by atoms with Crippen LogP contribution in [0.4, 0.5) is 15.9 Å². The quantitative estimate of drug-likeness (QED) is 0.298. The summed E-state index contributed by atoms with van der Waals surface area (Å²) in [5.74, 6) is 0.924. The second-order valence-corrected chi connectivity index (χ2v) is 8.26. The monoisotopic (exact) mass is 450 g/mol. The fourth-order valence-corrected chi connectivity index (χ4v) is 4.41. The number of rotatable bonds is 6. The van der Waals surface area contributed by atoms with E-state index in [0.717, 1.165) is 32.0 Å². The fraction of sp³-hybridized carbons (Fsp3) is 0.0435. The molecule has 3 aromatic heterocycles. The van der Waals surface area contributed by atoms with Gasteiger partial charge in [0.05, 0.1) is 21.0 Å². The molecule has 0 aliphatic carbocycles. The second-order valence-electron chi connectivity index (χ2n) is 6.82. The van der Waals surface area contributed by atoms with Crippen LogP contribution in [-0.2, 0) is 6.61 Å². The summed E-state index contributed by atoms with van der Waals surface area (Å²) in [4.78, 5) is 14.0. The number of aromatic nitrogens is 3. The summed E-state index contributed by atoms with van der Waals surface area (Å²) in [6.07, 6.45) is 3.43. The van der Waals surface area contributed by atoms with Gasteiger partial charge in [-0.1, -0.05) is 23.7 Å². The van der Waals surface area contributed by atoms with Gasteiger partial charge < -0.3 is 15.0 Å². The molecule has 5 rings (SSSR count). The van der Waals surface area contributed by atoms with Crippen LogP contribution in [0.25, 0.3) is 20.8 Å². The number of ether oxygens (including phenoxy) is 1. The van der Waals surface area contributed by atoms with Gasteiger partial charge in [0.2, 0.25) is 0 Å². The predicted molar refractivity (Wildman–Crippen MR) is 123 cm³/mol. The molecular weight excluding hydrogens is 435 g/mol. The second kappa shape index (κ2) is 8.37. The van der Waals surface area contributed by atoms with E-state index in [0.29, 0.717) is 16.6 Å². The molecule has 0 spiro atoms. The molecule has 0 aliphatic heterocycles. The van der Waals surface area contributed by atoms with Crippen molar-refractivity contribution in [3.63, 3.8) is 0 Å². The van der Waals surface area contributed by atoms with Crippen LogP contribution in [0.3, 0.4) is 0 Å². The normalized spacial score (nSPS) is 11.0. The smallest absolute Gasteiger partial charge is 0.142 e. The first-order valence-electron chi connectivity index (χ1n) is 9.48. The number of anilines is 2. The van der Waals surface area contributed by atoms with Gasteiger partial charge in [0.25, 0.3) is 0 Å². The lowest BCUT2D eigenvalue weighted by molar-refractivity contribution is 0.306. The van der Waals surface area contributed by atoms with E-state index in [4.69, 9.17) is 16.3 Å². The highest BCUT2D eigenvalue weighted by Gasteiger charge is 2.12. The summed E-state index contributed by atoms with van der Waals surface area (Å²) in [6.45, 7) is 0.229. The first kappa shape index (κ1) is 19.5. The maximum atomic E-state index is 13.3. The zero-order valence-electron chi connectivity index (χ0n) is 16.1. The minimum atomic E-state index is -0.296. The Labute approximate surface area is 186 Å². The van der Waals surface area contributed by atoms with E-state index in [1.54, 1.807) is 35.6 Å². The van der Waals surface area contributed by atoms with Crippen LogP contribution in [-0.4, -0.2) is 15.0 Å². The Kier molecular flexibility index (Phi) is 5.28. The van der Waals surface area contributed by atoms with Crippen LogP contribution in [0.15, 0.2) is 73.2 Å². The molecule has 154 valence electrons. The van der Waals surface area contributed by atoms with Gasteiger partial charge in [0.15, 0.2) is 0 Å². The number of fused-ring (bicyclic) bond motifs is 1. The lowest BCUT2D eigenvalue weighted by Gasteiger charge is -2.11. The number of hydrogen-bond donors (Lipinski definition) is 2. The van der Waals surface area contributed by atoms with E-state index in [9.17, 15) is 4.39 Å². The van der Waals surface area contributed by atoms with Crippen molar-refractivity contribution in [2.24, 2.45) is 0 Å². The molecule has 2 aromatic carbocycles. The Bertz CT molecular complexity index is 1350. The van der Waals surface area contributed by atoms with Crippen LogP contribution in [0.2, 0.25) is 5.02 Å². The summed E-state index contributed by atoms with van der Waals surface area (Å²) >= 11 is 8.00. The number of benzene rings is 2. The maximum absolute atomic E-state index is 13.3. The number of nitrogens with one attached hydrogen (secondary N) is 2. The Morgan fingerprint density at radius 2 is 2.00 bits per heavy atom. The van der Waals surface area contributed by atoms with E-state index < -0.39 is 0 Å². The molecule has 0 saturated carbocycles. The molecule has 5 aromatic rings. The minimum absolute atomic E-state index is 0.229. The lowest BCUT2D eigenvalue weighted by Crippen LogP contribution is -1.98. The summed E-state index contributed by atoms with van der Waals surface area (Å²) in [5, 5.41) is 4.69. The highest BCUT2D eigenvalue weighted by molar-refractivity contribution is 7.21. The fourth-order valence-electron chi connectivity index (χ4n) is 3.19. The Hall–Kier alpha value is -3.42. The van der Waals surface area contributed by atoms with E-state index in [1.807, 2.05) is 24.4 Å². The molecule has 2 N–H and O–H groups in total. The molecule has 0 atom stereocenters. The molecule has 0 aliphatic rings. The largest absolute Gasteiger partial charge is 0.487 e. The van der Waals surface area contributed by atoms with Crippen LogP contribution >= 0.6 is 22.9 Å². The number of aromatic amines is 1. The standard InChI is InChI=1S/C23H16ClFN4OS/c24-18-10-16(6-7-20(18)30-12-14-3-1-4-15(25)9-14)29-22-17-11-21(19-5-2-8-26-19)31-23(17)28-13-27-22/h1-11,13,26H,12H2,(H,27,28,29). The van der Waals surface area contributed by atoms with E-state index in [-0.39, 0.29) is 12.4 Å². The van der Waals surface area contributed by atoms with Crippen LogP contribution in [0.5, 0.6) is 5.75 Å². The number of nitrogens with zero attached hydrogens (tertiary/aromatic N) is 2. The number of halogens is 2. The Balaban J connectivity index is 1.35. The van der Waals surface area contributed by atoms with Crippen molar-refractivity contribution in [3.8, 4) is 16.3 Å². The maximum Gasteiger partial charge on any atom is 0.142 e. The molecule has 0 fully saturated rings. The van der Waals surface area contributed by atoms with Crippen LogP contribution < -0.4 is 10.1 Å². The summed E-state index contributed by atoms with van der Waals surface area (Å²) in [6, 6.07) is 17.7. The number of H-pyrrole nitrogens is 1. The Morgan fingerprint density at radius 1 is 1.06 bits per heavy atom. The predicted octanol–water partition coefficient (Wildman–Crippen LogP) is 6.80. The molecule has 8 heteroatoms. The number of hydrogen-bond acceptors (Lipinski definition) is 5. The third kappa shape index (κ3) is 4.23. The van der Waals surface area contributed by atoms with Gasteiger partial charge in [0, 0.05) is 11.9 Å². The van der Waals surface area contributed by atoms with Crippen molar-refractivity contribution in [1.82, 2.24) is 15.0 Å². The zero-order chi connectivity index (χ0) is 21.2. The average Bonchev–Trinajstić information content (AvgIpc) is 3.43. The highest BCUT2D eigenvalue weighted by Crippen LogP contribution is 2.36. The number of thiophene rings is 1. The van der Waals surface area contributed by atoms with Gasteiger partial charge in [-0.3, -0.25) is 0 Å². The SMILES string of the molecule is Fc1cccc(COc2ccc(Nc3ncnc4sc(-c5ccc[nH]5)cc34)cc2Cl)c1. The van der Waals surface area contributed by atoms with Gasteiger partial charge in [-0.25, -0.2) is 14.4 Å². The zero-order valence-corrected chi connectivity index (χ0v) is 17.7. The third-order valence-electron chi connectivity index (χ3n) is 4.67. The van der Waals surface area contributed by atoms with Crippen LogP contribution in [0, 0.1) is 5.82 Å². The molecule has 0 radical (unpaired) electrons. The van der Waals surface area contributed by atoms with Gasteiger partial charge in [0.1, 0.15) is 35.1 Å². The molecule has 5 nitrogen and oxygen atoms in total. The highest BCUT2D eigenvalue weighted by atomic mass is 35.5. The molecule has 31 heavy (non-hydrogen) atoms. The molecular formula is C23H16ClFN4OS. The molecule has 0 bridgehead atoms. The van der Waals surface area contributed by atoms with Gasteiger partial charge in [-0.2, -0.15) is 0 Å². The molecule has 0 saturated heterocycles. The summed E-state index contributed by atoms with van der Waals surface area (Å²) < 4.78 is 19.1. The minimum Gasteiger partial charge on any atom is -0.487 e. The van der Waals surface area contributed by atoms with Crippen molar-refractivity contribution < 1.29 is 9.13 Å². The van der Waals surface area contributed by atoms with E-state index in [2.05, 4.69) is 26.3 Å². The van der Waals surface area contributed by atoms with Gasteiger partial charge >= 0.3 is 0 Å². The van der Waals surface area contributed by atoms with Gasteiger partial charge in [-0.15, -0.1) is 11.3 Å². The van der Waals surface area contributed by atoms with Crippen molar-refractivity contribution in [2.45, 2.75) is 6.61 Å². The van der Waals surface area contributed by atoms with Crippen molar-refractivity contribution >= 4 is 44.7 Å². The molecule has 3 heterocycles. The lowest BCUT2D eigenvalue weighted by atomic mass is 10.2. The first-order chi connectivity index (χ1) is 15.2. The first-order valence-corrected chi connectivity index (χ1v) is 10.7. The van der Waals surface area contributed by atoms with E-state index >= 15 is 0 Å². The summed E-state index contributed by atoms with van der Waals surface area (Å²) in [5.41, 5.74) is 2.55. The van der Waals surface area contributed by atoms with Crippen LogP contribution in [0.1, 0.15) is 5.56 Å². The van der Waals surface area contributed by atoms with Crippen molar-refractivity contribution in [2.75, 3.05) is 5.32 Å². The topological polar surface area (TPSA) is 62.8 Å². The van der Waals surface area contributed by atoms with Crippen molar-refractivity contribution in [1.29, 1.82) is 0 Å². The Morgan fingerprint density at radius 3 is 2.81 bits per heavy atom. The van der Waals surface area contributed by atoms with Crippen molar-refractivity contribution in [3.05, 3.63) is 89.6 Å². The summed E-state index contributed by atoms with van der Waals surface area (Å²) in [7, 11) is 0. The van der Waals surface area contributed by atoms with Gasteiger partial charge in [-0.05, 0) is 54.1 Å². The average molecular weight is 451 g/mol. The molecule has 0 unspecified atom stereocenters. The third-order valence-corrected chi connectivity index (χ3v) is 6.04.